The molecular weight excluding hydrogens is 708 g/mol. The van der Waals surface area contributed by atoms with Gasteiger partial charge in [0, 0.05) is 39.2 Å². The summed E-state index contributed by atoms with van der Waals surface area (Å²) in [6, 6.07) is 21.6. The molecule has 0 spiro atoms. The molecule has 2 saturated heterocycles. The number of ether oxygens (including phenoxy) is 3. The van der Waals surface area contributed by atoms with Crippen molar-refractivity contribution in [2.24, 2.45) is 0 Å². The highest BCUT2D eigenvalue weighted by molar-refractivity contribution is 7.22. The summed E-state index contributed by atoms with van der Waals surface area (Å²) in [6.07, 6.45) is 5.13. The van der Waals surface area contributed by atoms with Gasteiger partial charge in [-0.25, -0.2) is 19.2 Å². The van der Waals surface area contributed by atoms with Crippen LogP contribution in [0.15, 0.2) is 66.7 Å². The van der Waals surface area contributed by atoms with Crippen LogP contribution in [0.4, 0.5) is 0 Å². The number of nitrogens with zero attached hydrogens (tertiary/aromatic N) is 2. The second kappa shape index (κ2) is 19.9. The maximum atomic E-state index is 14.0. The van der Waals surface area contributed by atoms with Crippen LogP contribution in [0.25, 0.3) is 20.5 Å². The summed E-state index contributed by atoms with van der Waals surface area (Å²) in [7, 11) is 1.67. The fourth-order valence-corrected chi connectivity index (χ4v) is 7.01. The van der Waals surface area contributed by atoms with E-state index >= 15 is 0 Å². The first kappa shape index (κ1) is 40.3. The Kier molecular flexibility index (Phi) is 15.1. The summed E-state index contributed by atoms with van der Waals surface area (Å²) in [6.45, 7) is 7.91. The molecule has 4 aromatic rings. The van der Waals surface area contributed by atoms with E-state index < -0.39 is 23.9 Å². The number of carboxylic acids is 4. The number of hydrogen-bond donors (Lipinski definition) is 4. The molecule has 0 amide bonds. The summed E-state index contributed by atoms with van der Waals surface area (Å²) in [5.74, 6) is -4.87. The molecule has 0 atom stereocenters. The Morgan fingerprint density at radius 3 is 1.49 bits per heavy atom. The van der Waals surface area contributed by atoms with Crippen LogP contribution in [0.1, 0.15) is 41.6 Å². The van der Waals surface area contributed by atoms with Crippen LogP contribution in [-0.4, -0.2) is 119 Å². The third-order valence-electron chi connectivity index (χ3n) is 8.47. The third kappa shape index (κ3) is 12.0. The van der Waals surface area contributed by atoms with Crippen LogP contribution in [0.2, 0.25) is 0 Å². The lowest BCUT2D eigenvalue weighted by atomic mass is 9.97. The number of carbonyl (C=O) groups is 5. The molecule has 15 heteroatoms. The Labute approximate surface area is 309 Å². The Morgan fingerprint density at radius 2 is 1.06 bits per heavy atom. The highest BCUT2D eigenvalue weighted by atomic mass is 32.1. The number of thiophene rings is 1. The molecule has 0 radical (unpaired) electrons. The third-order valence-corrected chi connectivity index (χ3v) is 9.67. The van der Waals surface area contributed by atoms with Gasteiger partial charge in [-0.05, 0) is 124 Å². The molecule has 6 rings (SSSR count). The number of carbonyl (C=O) groups excluding carboxylic acids is 1. The lowest BCUT2D eigenvalue weighted by Crippen LogP contribution is -2.25. The van der Waals surface area contributed by atoms with Crippen LogP contribution in [0, 0.1) is 0 Å². The topological polar surface area (TPSA) is 200 Å². The molecule has 2 aliphatic heterocycles. The van der Waals surface area contributed by atoms with Gasteiger partial charge in [0.2, 0.25) is 0 Å². The molecule has 0 unspecified atom stereocenters. The van der Waals surface area contributed by atoms with Crippen LogP contribution >= 0.6 is 11.3 Å². The van der Waals surface area contributed by atoms with Crippen molar-refractivity contribution in [2.45, 2.75) is 25.7 Å². The summed E-state index contributed by atoms with van der Waals surface area (Å²) in [4.78, 5) is 56.2. The SMILES string of the molecule is COc1ccc2c(C(=O)c3ccc(OCCN4CCCC4)cc3)c(-c3ccc(OCCN4CCCC4)cc3)sc2c1.O=C(O)C(=O)O.O=C(O)C(=O)O. The second-order valence-corrected chi connectivity index (χ2v) is 13.1. The number of fused-ring (bicyclic) bond motifs is 1. The predicted octanol–water partition coefficient (Wildman–Crippen LogP) is 5.07. The molecule has 0 aliphatic carbocycles. The van der Waals surface area contributed by atoms with Crippen molar-refractivity contribution in [3.05, 3.63) is 77.9 Å². The molecule has 3 aromatic carbocycles. The van der Waals surface area contributed by atoms with Gasteiger partial charge in [0.05, 0.1) is 7.11 Å². The van der Waals surface area contributed by atoms with Gasteiger partial charge in [0.25, 0.3) is 0 Å². The standard InChI is InChI=1S/C34H38N2O4S.2C2H2O4/c1-38-29-14-15-30-31(24-29)41-34(26-8-12-28(13-9-26)40-23-21-36-18-4-5-19-36)32(30)33(37)25-6-10-27(11-7-25)39-22-20-35-16-2-3-17-35;2*3-1(4)2(5)6/h6-15,24H,2-5,16-23H2,1H3;2*(H,3,4)(H,5,6). The van der Waals surface area contributed by atoms with E-state index in [1.807, 2.05) is 54.6 Å². The first-order valence-electron chi connectivity index (χ1n) is 16.9. The van der Waals surface area contributed by atoms with Gasteiger partial charge in [-0.1, -0.05) is 0 Å². The molecule has 14 nitrogen and oxygen atoms in total. The highest BCUT2D eigenvalue weighted by Gasteiger charge is 2.22. The minimum atomic E-state index is -1.82. The van der Waals surface area contributed by atoms with Crippen molar-refractivity contribution < 1.29 is 58.6 Å². The number of hydrogen-bond acceptors (Lipinski definition) is 11. The molecule has 2 aliphatic rings. The van der Waals surface area contributed by atoms with Crippen molar-refractivity contribution in [3.63, 3.8) is 0 Å². The molecular formula is C38H42N2O12S. The van der Waals surface area contributed by atoms with Crippen molar-refractivity contribution in [1.82, 2.24) is 9.80 Å². The van der Waals surface area contributed by atoms with E-state index in [9.17, 15) is 4.79 Å². The summed E-state index contributed by atoms with van der Waals surface area (Å²) >= 11 is 1.62. The van der Waals surface area contributed by atoms with Crippen LogP contribution in [0.5, 0.6) is 17.2 Å². The lowest BCUT2D eigenvalue weighted by molar-refractivity contribution is -0.159. The maximum Gasteiger partial charge on any atom is 0.414 e. The molecule has 53 heavy (non-hydrogen) atoms. The van der Waals surface area contributed by atoms with Gasteiger partial charge in [0.1, 0.15) is 30.5 Å². The molecule has 2 fully saturated rings. The van der Waals surface area contributed by atoms with Gasteiger partial charge in [-0.3, -0.25) is 14.6 Å². The average molecular weight is 751 g/mol. The van der Waals surface area contributed by atoms with E-state index in [0.717, 1.165) is 69.5 Å². The zero-order chi connectivity index (χ0) is 38.3. The van der Waals surface area contributed by atoms with Crippen LogP contribution in [0.3, 0.4) is 0 Å². The van der Waals surface area contributed by atoms with Crippen molar-refractivity contribution >= 4 is 51.1 Å². The predicted molar refractivity (Wildman–Crippen MR) is 197 cm³/mol. The Morgan fingerprint density at radius 1 is 0.623 bits per heavy atom. The maximum absolute atomic E-state index is 14.0. The van der Waals surface area contributed by atoms with E-state index in [2.05, 4.69) is 21.9 Å². The molecule has 4 N–H and O–H groups in total. The van der Waals surface area contributed by atoms with E-state index in [0.29, 0.717) is 18.8 Å². The van der Waals surface area contributed by atoms with Gasteiger partial charge in [0.15, 0.2) is 5.78 Å². The number of benzene rings is 3. The number of likely N-dealkylation sites (tertiary alicyclic amines) is 2. The highest BCUT2D eigenvalue weighted by Crippen LogP contribution is 2.41. The van der Waals surface area contributed by atoms with E-state index in [-0.39, 0.29) is 5.78 Å². The number of methoxy groups -OCH3 is 1. The number of rotatable bonds is 12. The summed E-state index contributed by atoms with van der Waals surface area (Å²) < 4.78 is 18.5. The fraction of sp³-hybridized carbons (Fsp3) is 0.342. The van der Waals surface area contributed by atoms with Crippen molar-refractivity contribution in [3.8, 4) is 27.7 Å². The second-order valence-electron chi connectivity index (χ2n) is 12.1. The first-order chi connectivity index (χ1) is 25.5. The first-order valence-corrected chi connectivity index (χ1v) is 17.8. The zero-order valence-electron chi connectivity index (χ0n) is 29.2. The van der Waals surface area contributed by atoms with Gasteiger partial charge >= 0.3 is 23.9 Å². The minimum Gasteiger partial charge on any atom is -0.497 e. The normalized spacial score (nSPS) is 14.0. The Bertz CT molecular complexity index is 1810. The van der Waals surface area contributed by atoms with Gasteiger partial charge < -0.3 is 34.6 Å². The molecule has 0 bridgehead atoms. The molecule has 1 aromatic heterocycles. The molecule has 0 saturated carbocycles. The average Bonchev–Trinajstić information content (AvgIpc) is 3.94. The lowest BCUT2D eigenvalue weighted by Gasteiger charge is -2.15. The van der Waals surface area contributed by atoms with E-state index in [1.54, 1.807) is 18.4 Å². The quantitative estimate of drug-likeness (QED) is 0.111. The van der Waals surface area contributed by atoms with Crippen molar-refractivity contribution in [2.75, 3.05) is 59.6 Å². The number of carboxylic acid groups (broad SMARTS) is 4. The van der Waals surface area contributed by atoms with Gasteiger partial charge in [-0.2, -0.15) is 0 Å². The molecule has 282 valence electrons. The Balaban J connectivity index is 0.000000453. The number of ketones is 1. The van der Waals surface area contributed by atoms with Crippen LogP contribution in [-0.2, 0) is 19.2 Å². The largest absolute Gasteiger partial charge is 0.497 e. The van der Waals surface area contributed by atoms with E-state index in [4.69, 9.17) is 53.8 Å². The Hall–Kier alpha value is -5.51. The summed E-state index contributed by atoms with van der Waals surface area (Å²) in [5.41, 5.74) is 2.37. The summed E-state index contributed by atoms with van der Waals surface area (Å²) in [5, 5.41) is 30.5. The zero-order valence-corrected chi connectivity index (χ0v) is 30.0. The minimum absolute atomic E-state index is 0.00553. The number of aliphatic carboxylic acids is 4. The fourth-order valence-electron chi connectivity index (χ4n) is 5.78. The molecule has 3 heterocycles. The van der Waals surface area contributed by atoms with Crippen molar-refractivity contribution in [1.29, 1.82) is 0 Å². The van der Waals surface area contributed by atoms with Gasteiger partial charge in [-0.15, -0.1) is 11.3 Å². The smallest absolute Gasteiger partial charge is 0.414 e. The van der Waals surface area contributed by atoms with E-state index in [1.165, 1.54) is 38.8 Å². The monoisotopic (exact) mass is 750 g/mol. The van der Waals surface area contributed by atoms with Crippen LogP contribution < -0.4 is 14.2 Å².